The van der Waals surface area contributed by atoms with Crippen LogP contribution in [0.2, 0.25) is 0 Å². The molecule has 1 atom stereocenters. The highest BCUT2D eigenvalue weighted by atomic mass is 15.2. The van der Waals surface area contributed by atoms with Crippen molar-refractivity contribution in [2.75, 3.05) is 17.2 Å². The molecule has 2 rings (SSSR count). The molecule has 2 heterocycles. The van der Waals surface area contributed by atoms with Gasteiger partial charge in [0.05, 0.1) is 0 Å². The van der Waals surface area contributed by atoms with E-state index in [9.17, 15) is 0 Å². The summed E-state index contributed by atoms with van der Waals surface area (Å²) in [6.07, 6.45) is 6.17. The smallest absolute Gasteiger partial charge is 0.137 e. The van der Waals surface area contributed by atoms with Gasteiger partial charge in [-0.1, -0.05) is 13.8 Å². The van der Waals surface area contributed by atoms with Crippen LogP contribution in [0.5, 0.6) is 0 Å². The van der Waals surface area contributed by atoms with E-state index in [0.29, 0.717) is 11.9 Å². The second kappa shape index (κ2) is 4.68. The number of nitrogens with zero attached hydrogens (tertiary/aromatic N) is 3. The van der Waals surface area contributed by atoms with Crippen LogP contribution in [0.4, 0.5) is 11.6 Å². The van der Waals surface area contributed by atoms with Crippen LogP contribution in [0, 0.1) is 0 Å². The molecule has 16 heavy (non-hydrogen) atoms. The SMILES string of the molecule is CCc1c(N)ncnc1N1CCCC1CC. The number of anilines is 2. The molecule has 1 unspecified atom stereocenters. The Labute approximate surface area is 96.9 Å². The topological polar surface area (TPSA) is 55.0 Å². The summed E-state index contributed by atoms with van der Waals surface area (Å²) in [4.78, 5) is 10.9. The molecule has 1 aromatic rings. The van der Waals surface area contributed by atoms with Gasteiger partial charge in [0.1, 0.15) is 18.0 Å². The Morgan fingerprint density at radius 3 is 2.94 bits per heavy atom. The normalized spacial score (nSPS) is 20.4. The monoisotopic (exact) mass is 220 g/mol. The van der Waals surface area contributed by atoms with Gasteiger partial charge in [-0.05, 0) is 25.7 Å². The van der Waals surface area contributed by atoms with Crippen molar-refractivity contribution in [2.45, 2.75) is 45.6 Å². The van der Waals surface area contributed by atoms with Gasteiger partial charge < -0.3 is 10.6 Å². The van der Waals surface area contributed by atoms with Gasteiger partial charge in [-0.25, -0.2) is 9.97 Å². The van der Waals surface area contributed by atoms with Crippen LogP contribution < -0.4 is 10.6 Å². The minimum Gasteiger partial charge on any atom is -0.383 e. The summed E-state index contributed by atoms with van der Waals surface area (Å²) >= 11 is 0. The van der Waals surface area contributed by atoms with Gasteiger partial charge in [-0.15, -0.1) is 0 Å². The van der Waals surface area contributed by atoms with E-state index < -0.39 is 0 Å². The quantitative estimate of drug-likeness (QED) is 0.846. The summed E-state index contributed by atoms with van der Waals surface area (Å²) in [5.41, 5.74) is 7.01. The number of nitrogen functional groups attached to an aromatic ring is 1. The number of hydrogen-bond acceptors (Lipinski definition) is 4. The Morgan fingerprint density at radius 2 is 2.25 bits per heavy atom. The number of hydrogen-bond donors (Lipinski definition) is 1. The second-order valence-corrected chi connectivity index (χ2v) is 4.31. The predicted molar refractivity (Wildman–Crippen MR) is 66.5 cm³/mol. The summed E-state index contributed by atoms with van der Waals surface area (Å²) in [7, 11) is 0. The van der Waals surface area contributed by atoms with Gasteiger partial charge in [-0.3, -0.25) is 0 Å². The van der Waals surface area contributed by atoms with Crippen molar-refractivity contribution in [3.63, 3.8) is 0 Å². The van der Waals surface area contributed by atoms with E-state index >= 15 is 0 Å². The minimum atomic E-state index is 0.625. The van der Waals surface area contributed by atoms with Gasteiger partial charge in [0.15, 0.2) is 0 Å². The van der Waals surface area contributed by atoms with Gasteiger partial charge in [-0.2, -0.15) is 0 Å². The maximum absolute atomic E-state index is 5.91. The molecule has 0 amide bonds. The molecular weight excluding hydrogens is 200 g/mol. The first-order valence-corrected chi connectivity index (χ1v) is 6.13. The van der Waals surface area contributed by atoms with Crippen molar-refractivity contribution in [3.8, 4) is 0 Å². The van der Waals surface area contributed by atoms with Gasteiger partial charge >= 0.3 is 0 Å². The Balaban J connectivity index is 2.35. The van der Waals surface area contributed by atoms with Crippen LogP contribution in [-0.2, 0) is 6.42 Å². The fourth-order valence-electron chi connectivity index (χ4n) is 2.54. The van der Waals surface area contributed by atoms with Crippen LogP contribution in [-0.4, -0.2) is 22.6 Å². The Morgan fingerprint density at radius 1 is 1.44 bits per heavy atom. The average Bonchev–Trinajstić information content (AvgIpc) is 2.76. The molecule has 1 saturated heterocycles. The minimum absolute atomic E-state index is 0.625. The van der Waals surface area contributed by atoms with E-state index in [1.54, 1.807) is 6.33 Å². The largest absolute Gasteiger partial charge is 0.383 e. The lowest BCUT2D eigenvalue weighted by Gasteiger charge is -2.26. The molecule has 0 saturated carbocycles. The summed E-state index contributed by atoms with van der Waals surface area (Å²) in [5.74, 6) is 1.69. The lowest BCUT2D eigenvalue weighted by Crippen LogP contribution is -2.30. The maximum Gasteiger partial charge on any atom is 0.137 e. The number of rotatable bonds is 3. The molecule has 0 spiro atoms. The van der Waals surface area contributed by atoms with Crippen molar-refractivity contribution in [2.24, 2.45) is 0 Å². The maximum atomic E-state index is 5.91. The van der Waals surface area contributed by atoms with E-state index in [2.05, 4.69) is 28.7 Å². The highest BCUT2D eigenvalue weighted by molar-refractivity contribution is 5.57. The van der Waals surface area contributed by atoms with Crippen LogP contribution in [0.3, 0.4) is 0 Å². The first-order valence-electron chi connectivity index (χ1n) is 6.13. The molecule has 1 aliphatic rings. The summed E-state index contributed by atoms with van der Waals surface area (Å²) in [6, 6.07) is 0.625. The molecule has 4 nitrogen and oxygen atoms in total. The van der Waals surface area contributed by atoms with Crippen LogP contribution in [0.25, 0.3) is 0 Å². The lowest BCUT2D eigenvalue weighted by molar-refractivity contribution is 0.638. The Bertz CT molecular complexity index is 364. The number of aromatic nitrogens is 2. The van der Waals surface area contributed by atoms with Crippen LogP contribution in [0.1, 0.15) is 38.7 Å². The molecule has 1 aliphatic heterocycles. The first kappa shape index (κ1) is 11.2. The molecule has 0 radical (unpaired) electrons. The zero-order chi connectivity index (χ0) is 11.5. The van der Waals surface area contributed by atoms with Crippen molar-refractivity contribution >= 4 is 11.6 Å². The average molecular weight is 220 g/mol. The first-order chi connectivity index (χ1) is 7.77. The Kier molecular flexibility index (Phi) is 3.27. The molecule has 0 aromatic carbocycles. The van der Waals surface area contributed by atoms with E-state index in [-0.39, 0.29) is 0 Å². The number of nitrogens with two attached hydrogens (primary N) is 1. The lowest BCUT2D eigenvalue weighted by atomic mass is 10.1. The van der Waals surface area contributed by atoms with E-state index in [1.807, 2.05) is 0 Å². The van der Waals surface area contributed by atoms with Crippen LogP contribution in [0.15, 0.2) is 6.33 Å². The molecule has 2 N–H and O–H groups in total. The zero-order valence-corrected chi connectivity index (χ0v) is 10.1. The summed E-state index contributed by atoms with van der Waals surface area (Å²) in [6.45, 7) is 5.44. The van der Waals surface area contributed by atoms with Crippen molar-refractivity contribution < 1.29 is 0 Å². The van der Waals surface area contributed by atoms with Crippen molar-refractivity contribution in [1.29, 1.82) is 0 Å². The molecule has 88 valence electrons. The molecule has 0 aliphatic carbocycles. The Hall–Kier alpha value is -1.32. The van der Waals surface area contributed by atoms with Gasteiger partial charge in [0.2, 0.25) is 0 Å². The molecular formula is C12H20N4. The predicted octanol–water partition coefficient (Wildman–Crippen LogP) is 2.00. The third-order valence-corrected chi connectivity index (χ3v) is 3.43. The molecule has 4 heteroatoms. The zero-order valence-electron chi connectivity index (χ0n) is 10.1. The van der Waals surface area contributed by atoms with Gasteiger partial charge in [0, 0.05) is 18.2 Å². The molecule has 1 aromatic heterocycles. The summed E-state index contributed by atoms with van der Waals surface area (Å²) in [5, 5.41) is 0. The fraction of sp³-hybridized carbons (Fsp3) is 0.667. The second-order valence-electron chi connectivity index (χ2n) is 4.31. The van der Waals surface area contributed by atoms with Crippen molar-refractivity contribution in [1.82, 2.24) is 9.97 Å². The van der Waals surface area contributed by atoms with Crippen molar-refractivity contribution in [3.05, 3.63) is 11.9 Å². The van der Waals surface area contributed by atoms with E-state index in [1.165, 1.54) is 19.3 Å². The van der Waals surface area contributed by atoms with E-state index in [4.69, 9.17) is 5.73 Å². The highest BCUT2D eigenvalue weighted by Crippen LogP contribution is 2.30. The third-order valence-electron chi connectivity index (χ3n) is 3.43. The third kappa shape index (κ3) is 1.84. The summed E-state index contributed by atoms with van der Waals surface area (Å²) < 4.78 is 0. The van der Waals surface area contributed by atoms with E-state index in [0.717, 1.165) is 24.3 Å². The standard InChI is InChI=1S/C12H20N4/c1-3-9-6-5-7-16(9)12-10(4-2)11(13)14-8-15-12/h8-9H,3-7H2,1-2H3,(H2,13,14,15). The fourth-order valence-corrected chi connectivity index (χ4v) is 2.54. The molecule has 1 fully saturated rings. The van der Waals surface area contributed by atoms with Gasteiger partial charge in [0.25, 0.3) is 0 Å². The highest BCUT2D eigenvalue weighted by Gasteiger charge is 2.26. The molecule has 0 bridgehead atoms. The van der Waals surface area contributed by atoms with Crippen LogP contribution >= 0.6 is 0 Å².